The third-order valence-electron chi connectivity index (χ3n) is 4.35. The first kappa shape index (κ1) is 20.9. The van der Waals surface area contributed by atoms with Crippen molar-refractivity contribution >= 4 is 46.4 Å². The molecule has 1 heterocycles. The van der Waals surface area contributed by atoms with E-state index >= 15 is 0 Å². The Bertz CT molecular complexity index is 1010. The topological polar surface area (TPSA) is 76.0 Å². The van der Waals surface area contributed by atoms with Crippen LogP contribution in [0, 0.1) is 0 Å². The highest BCUT2D eigenvalue weighted by molar-refractivity contribution is 6.35. The van der Waals surface area contributed by atoms with Crippen molar-refractivity contribution in [3.05, 3.63) is 76.5 Å². The Labute approximate surface area is 178 Å². The lowest BCUT2D eigenvalue weighted by molar-refractivity contribution is -0.119. The van der Waals surface area contributed by atoms with E-state index in [1.807, 2.05) is 6.07 Å². The number of aryl methyl sites for hydroxylation is 1. The highest BCUT2D eigenvalue weighted by Gasteiger charge is 2.15. The molecule has 3 rings (SSSR count). The molecule has 0 bridgehead atoms. The number of benzene rings is 2. The smallest absolute Gasteiger partial charge is 0.248 e. The molecule has 1 aromatic heterocycles. The lowest BCUT2D eigenvalue weighted by Crippen LogP contribution is -2.24. The van der Waals surface area contributed by atoms with E-state index in [2.05, 4.69) is 15.7 Å². The zero-order valence-corrected chi connectivity index (χ0v) is 17.2. The van der Waals surface area contributed by atoms with Crippen LogP contribution in [0.2, 0.25) is 10.0 Å². The number of aromatic nitrogens is 2. The standard InChI is InChI=1S/C21H20Cl2N4O2/c1-14(27-11-3-10-24-27)21(29)26-18-5-2-4-17(13-18)25-20(28)9-7-15-6-8-16(22)12-19(15)23/h2-6,8,10-14H,7,9H2,1H3,(H,25,28)(H,26,29). The summed E-state index contributed by atoms with van der Waals surface area (Å²) >= 11 is 12.0. The SMILES string of the molecule is CC(C(=O)Nc1cccc(NC(=O)CCc2ccc(Cl)cc2Cl)c1)n1cccn1. The summed E-state index contributed by atoms with van der Waals surface area (Å²) in [7, 11) is 0. The number of anilines is 2. The van der Waals surface area contributed by atoms with Crippen LogP contribution in [0.3, 0.4) is 0 Å². The van der Waals surface area contributed by atoms with Crippen LogP contribution in [0.25, 0.3) is 0 Å². The van der Waals surface area contributed by atoms with E-state index in [1.165, 1.54) is 0 Å². The summed E-state index contributed by atoms with van der Waals surface area (Å²) in [5, 5.41) is 10.8. The average Bonchev–Trinajstić information content (AvgIpc) is 3.21. The zero-order valence-electron chi connectivity index (χ0n) is 15.7. The van der Waals surface area contributed by atoms with Gasteiger partial charge in [0.2, 0.25) is 11.8 Å². The van der Waals surface area contributed by atoms with E-state index in [4.69, 9.17) is 23.2 Å². The third-order valence-corrected chi connectivity index (χ3v) is 4.94. The molecule has 2 N–H and O–H groups in total. The van der Waals surface area contributed by atoms with Gasteiger partial charge in [0.25, 0.3) is 0 Å². The Morgan fingerprint density at radius 2 is 1.83 bits per heavy atom. The Kier molecular flexibility index (Phi) is 6.90. The fraction of sp³-hybridized carbons (Fsp3) is 0.190. The van der Waals surface area contributed by atoms with Gasteiger partial charge in [-0.2, -0.15) is 5.10 Å². The van der Waals surface area contributed by atoms with Gasteiger partial charge in [-0.05, 0) is 55.3 Å². The van der Waals surface area contributed by atoms with Crippen LogP contribution >= 0.6 is 23.2 Å². The number of amides is 2. The van der Waals surface area contributed by atoms with Crippen molar-refractivity contribution in [2.75, 3.05) is 10.6 Å². The summed E-state index contributed by atoms with van der Waals surface area (Å²) < 4.78 is 1.57. The van der Waals surface area contributed by atoms with Crippen LogP contribution in [-0.4, -0.2) is 21.6 Å². The second-order valence-corrected chi connectivity index (χ2v) is 7.36. The summed E-state index contributed by atoms with van der Waals surface area (Å²) in [6, 6.07) is 13.5. The molecule has 8 heteroatoms. The lowest BCUT2D eigenvalue weighted by atomic mass is 10.1. The number of carbonyl (C=O) groups is 2. The number of hydrogen-bond donors (Lipinski definition) is 2. The van der Waals surface area contributed by atoms with E-state index in [-0.39, 0.29) is 18.2 Å². The van der Waals surface area contributed by atoms with E-state index in [1.54, 1.807) is 66.5 Å². The van der Waals surface area contributed by atoms with Crippen molar-refractivity contribution in [2.24, 2.45) is 0 Å². The Hall–Kier alpha value is -2.83. The largest absolute Gasteiger partial charge is 0.326 e. The molecule has 0 aliphatic heterocycles. The highest BCUT2D eigenvalue weighted by atomic mass is 35.5. The van der Waals surface area contributed by atoms with Gasteiger partial charge in [-0.25, -0.2) is 0 Å². The van der Waals surface area contributed by atoms with Crippen molar-refractivity contribution in [2.45, 2.75) is 25.8 Å². The maximum absolute atomic E-state index is 12.4. The fourth-order valence-electron chi connectivity index (χ4n) is 2.75. The highest BCUT2D eigenvalue weighted by Crippen LogP contribution is 2.22. The molecule has 6 nitrogen and oxygen atoms in total. The molecule has 2 aromatic carbocycles. The molecule has 0 radical (unpaired) electrons. The molecule has 1 atom stereocenters. The van der Waals surface area contributed by atoms with Gasteiger partial charge in [-0.1, -0.05) is 35.3 Å². The number of nitrogens with zero attached hydrogens (tertiary/aromatic N) is 2. The van der Waals surface area contributed by atoms with E-state index in [9.17, 15) is 9.59 Å². The minimum atomic E-state index is -0.452. The van der Waals surface area contributed by atoms with Crippen LogP contribution in [0.5, 0.6) is 0 Å². The molecule has 0 spiro atoms. The Balaban J connectivity index is 1.56. The van der Waals surface area contributed by atoms with Gasteiger partial charge in [-0.3, -0.25) is 14.3 Å². The molecule has 0 saturated heterocycles. The second-order valence-electron chi connectivity index (χ2n) is 6.52. The van der Waals surface area contributed by atoms with Crippen molar-refractivity contribution < 1.29 is 9.59 Å². The monoisotopic (exact) mass is 430 g/mol. The van der Waals surface area contributed by atoms with Crippen LogP contribution in [0.4, 0.5) is 11.4 Å². The van der Waals surface area contributed by atoms with Gasteiger partial charge >= 0.3 is 0 Å². The molecule has 2 amide bonds. The minimum Gasteiger partial charge on any atom is -0.326 e. The molecule has 29 heavy (non-hydrogen) atoms. The Morgan fingerprint density at radius 1 is 1.07 bits per heavy atom. The summed E-state index contributed by atoms with van der Waals surface area (Å²) in [6.45, 7) is 1.76. The fourth-order valence-corrected chi connectivity index (χ4v) is 3.25. The predicted molar refractivity (Wildman–Crippen MR) is 115 cm³/mol. The summed E-state index contributed by atoms with van der Waals surface area (Å²) in [5.41, 5.74) is 2.05. The number of rotatable bonds is 7. The first-order valence-electron chi connectivity index (χ1n) is 9.06. The quantitative estimate of drug-likeness (QED) is 0.555. The maximum atomic E-state index is 12.4. The molecule has 150 valence electrons. The molecular weight excluding hydrogens is 411 g/mol. The Morgan fingerprint density at radius 3 is 2.52 bits per heavy atom. The van der Waals surface area contributed by atoms with Gasteiger partial charge in [0.15, 0.2) is 0 Å². The number of carbonyl (C=O) groups excluding carboxylic acids is 2. The molecule has 0 aliphatic carbocycles. The van der Waals surface area contributed by atoms with E-state index in [0.717, 1.165) is 5.56 Å². The first-order chi connectivity index (χ1) is 13.9. The first-order valence-corrected chi connectivity index (χ1v) is 9.82. The van der Waals surface area contributed by atoms with Gasteiger partial charge < -0.3 is 10.6 Å². The maximum Gasteiger partial charge on any atom is 0.248 e. The van der Waals surface area contributed by atoms with Crippen LogP contribution in [0.15, 0.2) is 60.9 Å². The molecule has 0 aliphatic rings. The third kappa shape index (κ3) is 5.82. The van der Waals surface area contributed by atoms with Crippen LogP contribution in [0.1, 0.15) is 24.9 Å². The van der Waals surface area contributed by atoms with Crippen molar-refractivity contribution in [1.82, 2.24) is 9.78 Å². The molecule has 0 saturated carbocycles. The molecule has 3 aromatic rings. The normalized spacial score (nSPS) is 11.7. The van der Waals surface area contributed by atoms with Gasteiger partial charge in [0.05, 0.1) is 0 Å². The van der Waals surface area contributed by atoms with E-state index < -0.39 is 6.04 Å². The van der Waals surface area contributed by atoms with Crippen molar-refractivity contribution in [3.8, 4) is 0 Å². The van der Waals surface area contributed by atoms with Crippen molar-refractivity contribution in [3.63, 3.8) is 0 Å². The van der Waals surface area contributed by atoms with Gasteiger partial charge in [0, 0.05) is 40.2 Å². The lowest BCUT2D eigenvalue weighted by Gasteiger charge is -2.13. The number of hydrogen-bond acceptors (Lipinski definition) is 3. The molecular formula is C21H20Cl2N4O2. The second kappa shape index (κ2) is 9.58. The number of nitrogens with one attached hydrogen (secondary N) is 2. The van der Waals surface area contributed by atoms with Crippen LogP contribution < -0.4 is 10.6 Å². The summed E-state index contributed by atoms with van der Waals surface area (Å²) in [4.78, 5) is 24.7. The van der Waals surface area contributed by atoms with Crippen LogP contribution in [-0.2, 0) is 16.0 Å². The van der Waals surface area contributed by atoms with Gasteiger partial charge in [0.1, 0.15) is 6.04 Å². The zero-order chi connectivity index (χ0) is 20.8. The van der Waals surface area contributed by atoms with E-state index in [0.29, 0.717) is 27.8 Å². The summed E-state index contributed by atoms with van der Waals surface area (Å²) in [5.74, 6) is -0.348. The summed E-state index contributed by atoms with van der Waals surface area (Å²) in [6.07, 6.45) is 4.12. The number of halogens is 2. The molecule has 1 unspecified atom stereocenters. The van der Waals surface area contributed by atoms with Crippen molar-refractivity contribution in [1.29, 1.82) is 0 Å². The minimum absolute atomic E-state index is 0.149. The average molecular weight is 431 g/mol. The van der Waals surface area contributed by atoms with Gasteiger partial charge in [-0.15, -0.1) is 0 Å². The predicted octanol–water partition coefficient (Wildman–Crippen LogP) is 4.96. The molecule has 0 fully saturated rings.